The Bertz CT molecular complexity index is 272. The molecule has 0 aliphatic rings. The molecule has 0 unspecified atom stereocenters. The number of phenolic OH excluding ortho intramolecular Hbond substituents is 2. The van der Waals surface area contributed by atoms with E-state index in [4.69, 9.17) is 10.2 Å². The number of benzene rings is 1. The van der Waals surface area contributed by atoms with Gasteiger partial charge in [0.1, 0.15) is 6.54 Å². The standard InChI is InChI=1S/C7H7NO3/c9-6-2-1-5(4-8-11)3-7(6)10/h1-3,9-10H,4H2. The third-order valence-corrected chi connectivity index (χ3v) is 1.29. The molecule has 0 aliphatic heterocycles. The lowest BCUT2D eigenvalue weighted by atomic mass is 10.2. The van der Waals surface area contributed by atoms with E-state index in [1.54, 1.807) is 0 Å². The molecule has 4 heteroatoms. The molecule has 0 fully saturated rings. The van der Waals surface area contributed by atoms with Crippen molar-refractivity contribution in [3.8, 4) is 11.5 Å². The van der Waals surface area contributed by atoms with Gasteiger partial charge in [-0.3, -0.25) is 0 Å². The normalized spacial score (nSPS) is 9.45. The maximum atomic E-state index is 9.78. The monoisotopic (exact) mass is 153 g/mol. The maximum Gasteiger partial charge on any atom is 0.157 e. The summed E-state index contributed by atoms with van der Waals surface area (Å²) in [5, 5.41) is 20.4. The fourth-order valence-electron chi connectivity index (χ4n) is 0.742. The lowest BCUT2D eigenvalue weighted by molar-refractivity contribution is 0.403. The Kier molecular flexibility index (Phi) is 2.06. The van der Waals surface area contributed by atoms with Crippen molar-refractivity contribution in [2.75, 3.05) is 0 Å². The predicted molar refractivity (Wildman–Crippen MR) is 39.3 cm³/mol. The quantitative estimate of drug-likeness (QED) is 0.497. The summed E-state index contributed by atoms with van der Waals surface area (Å²) >= 11 is 0. The molecule has 58 valence electrons. The highest BCUT2D eigenvalue weighted by atomic mass is 16.3. The van der Waals surface area contributed by atoms with Crippen LogP contribution in [0.2, 0.25) is 0 Å². The molecule has 2 N–H and O–H groups in total. The molecule has 0 radical (unpaired) electrons. The van der Waals surface area contributed by atoms with Gasteiger partial charge >= 0.3 is 0 Å². The highest BCUT2D eigenvalue weighted by molar-refractivity contribution is 5.40. The predicted octanol–water partition coefficient (Wildman–Crippen LogP) is 1.36. The average Bonchev–Trinajstić information content (AvgIpc) is 1.98. The van der Waals surface area contributed by atoms with Crippen LogP contribution in [0.5, 0.6) is 11.5 Å². The fraction of sp³-hybridized carbons (Fsp3) is 0.143. The van der Waals surface area contributed by atoms with E-state index >= 15 is 0 Å². The minimum atomic E-state index is -0.230. The summed E-state index contributed by atoms with van der Waals surface area (Å²) in [7, 11) is 0. The summed E-state index contributed by atoms with van der Waals surface area (Å²) in [6.45, 7) is 0.00778. The van der Waals surface area contributed by atoms with E-state index in [0.717, 1.165) is 0 Å². The van der Waals surface area contributed by atoms with Crippen molar-refractivity contribution in [2.24, 2.45) is 5.18 Å². The maximum absolute atomic E-state index is 9.78. The molecule has 4 nitrogen and oxygen atoms in total. The SMILES string of the molecule is O=NCc1ccc(O)c(O)c1. The van der Waals surface area contributed by atoms with Crippen LogP contribution in [0.25, 0.3) is 0 Å². The van der Waals surface area contributed by atoms with Crippen LogP contribution in [0.4, 0.5) is 0 Å². The van der Waals surface area contributed by atoms with Crippen molar-refractivity contribution in [2.45, 2.75) is 6.54 Å². The largest absolute Gasteiger partial charge is 0.504 e. The molecular formula is C7H7NO3. The topological polar surface area (TPSA) is 69.9 Å². The van der Waals surface area contributed by atoms with E-state index in [1.165, 1.54) is 18.2 Å². The van der Waals surface area contributed by atoms with E-state index in [-0.39, 0.29) is 18.0 Å². The zero-order valence-electron chi connectivity index (χ0n) is 5.69. The van der Waals surface area contributed by atoms with Crippen LogP contribution >= 0.6 is 0 Å². The second-order valence-corrected chi connectivity index (χ2v) is 2.11. The first-order chi connectivity index (χ1) is 5.24. The zero-order chi connectivity index (χ0) is 8.27. The molecule has 1 rings (SSSR count). The van der Waals surface area contributed by atoms with Gasteiger partial charge in [-0.1, -0.05) is 11.2 Å². The van der Waals surface area contributed by atoms with Gasteiger partial charge in [-0.05, 0) is 17.7 Å². The minimum Gasteiger partial charge on any atom is -0.504 e. The number of nitrogens with zero attached hydrogens (tertiary/aromatic N) is 1. The van der Waals surface area contributed by atoms with Crippen molar-refractivity contribution >= 4 is 0 Å². The molecule has 1 aromatic rings. The lowest BCUT2D eigenvalue weighted by Gasteiger charge is -1.97. The number of phenols is 2. The first-order valence-corrected chi connectivity index (χ1v) is 3.04. The van der Waals surface area contributed by atoms with Crippen molar-refractivity contribution in [1.29, 1.82) is 0 Å². The van der Waals surface area contributed by atoms with Crippen LogP contribution in [0.3, 0.4) is 0 Å². The van der Waals surface area contributed by atoms with E-state index in [1.807, 2.05) is 0 Å². The minimum absolute atomic E-state index is 0.00778. The first kappa shape index (κ1) is 7.53. The van der Waals surface area contributed by atoms with E-state index in [0.29, 0.717) is 5.56 Å². The molecular weight excluding hydrogens is 146 g/mol. The number of nitroso groups, excluding NO2 is 1. The van der Waals surface area contributed by atoms with Crippen LogP contribution in [-0.2, 0) is 6.54 Å². The van der Waals surface area contributed by atoms with E-state index in [9.17, 15) is 4.91 Å². The Hall–Kier alpha value is -1.58. The number of hydrogen-bond donors (Lipinski definition) is 2. The Morgan fingerprint density at radius 3 is 2.55 bits per heavy atom. The second kappa shape index (κ2) is 3.01. The average molecular weight is 153 g/mol. The van der Waals surface area contributed by atoms with Gasteiger partial charge in [0.05, 0.1) is 0 Å². The lowest BCUT2D eigenvalue weighted by Crippen LogP contribution is -1.79. The van der Waals surface area contributed by atoms with Gasteiger partial charge in [0.15, 0.2) is 11.5 Å². The molecule has 0 aromatic heterocycles. The highest BCUT2D eigenvalue weighted by Crippen LogP contribution is 2.24. The van der Waals surface area contributed by atoms with Gasteiger partial charge in [0, 0.05) is 0 Å². The third-order valence-electron chi connectivity index (χ3n) is 1.29. The molecule has 0 saturated carbocycles. The smallest absolute Gasteiger partial charge is 0.157 e. The molecule has 0 spiro atoms. The van der Waals surface area contributed by atoms with Gasteiger partial charge < -0.3 is 10.2 Å². The summed E-state index contributed by atoms with van der Waals surface area (Å²) in [6.07, 6.45) is 0. The van der Waals surface area contributed by atoms with Gasteiger partial charge in [-0.2, -0.15) is 4.91 Å². The Morgan fingerprint density at radius 1 is 1.27 bits per heavy atom. The molecule has 0 atom stereocenters. The Balaban J connectivity index is 2.95. The summed E-state index contributed by atoms with van der Waals surface area (Å²) in [4.78, 5) is 9.78. The van der Waals surface area contributed by atoms with Crippen LogP contribution in [-0.4, -0.2) is 10.2 Å². The Labute approximate surface area is 63.1 Å². The number of hydrogen-bond acceptors (Lipinski definition) is 4. The fourth-order valence-corrected chi connectivity index (χ4v) is 0.742. The number of rotatable bonds is 2. The van der Waals surface area contributed by atoms with Gasteiger partial charge in [-0.15, -0.1) is 0 Å². The molecule has 0 amide bonds. The van der Waals surface area contributed by atoms with Gasteiger partial charge in [-0.25, -0.2) is 0 Å². The van der Waals surface area contributed by atoms with Crippen LogP contribution in [0.1, 0.15) is 5.56 Å². The Morgan fingerprint density at radius 2 is 2.00 bits per heavy atom. The molecule has 0 heterocycles. The molecule has 0 aliphatic carbocycles. The van der Waals surface area contributed by atoms with Gasteiger partial charge in [0.25, 0.3) is 0 Å². The molecule has 0 saturated heterocycles. The summed E-state index contributed by atoms with van der Waals surface area (Å²) in [6, 6.07) is 4.14. The highest BCUT2D eigenvalue weighted by Gasteiger charge is 1.99. The first-order valence-electron chi connectivity index (χ1n) is 3.04. The summed E-state index contributed by atoms with van der Waals surface area (Å²) < 4.78 is 0. The third kappa shape index (κ3) is 1.67. The van der Waals surface area contributed by atoms with Crippen molar-refractivity contribution in [3.63, 3.8) is 0 Å². The van der Waals surface area contributed by atoms with Crippen molar-refractivity contribution < 1.29 is 10.2 Å². The molecule has 11 heavy (non-hydrogen) atoms. The summed E-state index contributed by atoms with van der Waals surface area (Å²) in [5.41, 5.74) is 0.579. The van der Waals surface area contributed by atoms with E-state index in [2.05, 4.69) is 5.18 Å². The van der Waals surface area contributed by atoms with Crippen LogP contribution < -0.4 is 0 Å². The molecule has 0 bridgehead atoms. The van der Waals surface area contributed by atoms with Crippen LogP contribution in [0, 0.1) is 4.91 Å². The molecule has 1 aromatic carbocycles. The van der Waals surface area contributed by atoms with Crippen molar-refractivity contribution in [1.82, 2.24) is 0 Å². The second-order valence-electron chi connectivity index (χ2n) is 2.11. The number of aromatic hydroxyl groups is 2. The zero-order valence-corrected chi connectivity index (χ0v) is 5.69. The van der Waals surface area contributed by atoms with Gasteiger partial charge in [0.2, 0.25) is 0 Å². The van der Waals surface area contributed by atoms with E-state index < -0.39 is 0 Å². The van der Waals surface area contributed by atoms with Crippen LogP contribution in [0.15, 0.2) is 23.4 Å². The van der Waals surface area contributed by atoms with Crippen molar-refractivity contribution in [3.05, 3.63) is 28.7 Å². The summed E-state index contributed by atoms with van der Waals surface area (Å²) in [5.74, 6) is -0.425.